The van der Waals surface area contributed by atoms with E-state index in [0.717, 1.165) is 6.92 Å². The third kappa shape index (κ3) is 1.91. The molecule has 1 saturated carbocycles. The summed E-state index contributed by atoms with van der Waals surface area (Å²) in [7, 11) is 0. The van der Waals surface area contributed by atoms with Gasteiger partial charge in [-0.05, 0) is 6.92 Å². The minimum atomic E-state index is -6.73. The summed E-state index contributed by atoms with van der Waals surface area (Å²) in [5.41, 5.74) is -5.86. The van der Waals surface area contributed by atoms with Crippen LogP contribution in [-0.4, -0.2) is 53.1 Å². The van der Waals surface area contributed by atoms with Gasteiger partial charge in [-0.2, -0.15) is 35.1 Å². The van der Waals surface area contributed by atoms with Crippen LogP contribution in [0.5, 0.6) is 0 Å². The van der Waals surface area contributed by atoms with Gasteiger partial charge in [0, 0.05) is 6.42 Å². The first-order valence-electron chi connectivity index (χ1n) is 5.66. The molecule has 1 aliphatic carbocycles. The van der Waals surface area contributed by atoms with E-state index in [1.165, 1.54) is 0 Å². The highest BCUT2D eigenvalue weighted by Crippen LogP contribution is 2.70. The lowest BCUT2D eigenvalue weighted by Crippen LogP contribution is -2.57. The Labute approximate surface area is 117 Å². The SMILES string of the molecule is CCOC(=O)C(O)CC1(F)C(F)(F)C(F)(F)C(F)(F)C1(F)F. The summed E-state index contributed by atoms with van der Waals surface area (Å²) in [6.07, 6.45) is -5.76. The third-order valence-corrected chi connectivity index (χ3v) is 3.21. The molecule has 12 heteroatoms. The predicted molar refractivity (Wildman–Crippen MR) is 50.9 cm³/mol. The van der Waals surface area contributed by atoms with Gasteiger partial charge in [0.15, 0.2) is 6.10 Å². The molecule has 22 heavy (non-hydrogen) atoms. The second kappa shape index (κ2) is 4.90. The molecule has 1 atom stereocenters. The molecular weight excluding hydrogens is 339 g/mol. The first-order chi connectivity index (χ1) is 9.62. The number of alkyl halides is 9. The lowest BCUT2D eigenvalue weighted by Gasteiger charge is -2.31. The fraction of sp³-hybridized carbons (Fsp3) is 0.900. The number of aliphatic hydroxyl groups excluding tert-OH is 1. The zero-order valence-electron chi connectivity index (χ0n) is 10.7. The first-order valence-corrected chi connectivity index (χ1v) is 5.66. The third-order valence-electron chi connectivity index (χ3n) is 3.21. The van der Waals surface area contributed by atoms with E-state index >= 15 is 0 Å². The van der Waals surface area contributed by atoms with Crippen LogP contribution < -0.4 is 0 Å². The Morgan fingerprint density at radius 2 is 1.27 bits per heavy atom. The molecule has 1 aliphatic rings. The molecular formula is C10H9F9O3. The van der Waals surface area contributed by atoms with Gasteiger partial charge >= 0.3 is 29.7 Å². The lowest BCUT2D eigenvalue weighted by molar-refractivity contribution is -0.303. The molecule has 0 amide bonds. The van der Waals surface area contributed by atoms with Crippen molar-refractivity contribution in [2.24, 2.45) is 0 Å². The van der Waals surface area contributed by atoms with Gasteiger partial charge in [-0.25, -0.2) is 9.18 Å². The highest BCUT2D eigenvalue weighted by molar-refractivity contribution is 5.74. The minimum Gasteiger partial charge on any atom is -0.464 e. The van der Waals surface area contributed by atoms with Gasteiger partial charge in [-0.15, -0.1) is 0 Å². The van der Waals surface area contributed by atoms with E-state index in [1.54, 1.807) is 0 Å². The van der Waals surface area contributed by atoms with Gasteiger partial charge in [0.2, 0.25) is 0 Å². The Kier molecular flexibility index (Phi) is 4.20. The summed E-state index contributed by atoms with van der Waals surface area (Å²) < 4.78 is 122. The number of esters is 1. The molecule has 1 rings (SSSR count). The maximum absolute atomic E-state index is 13.9. The van der Waals surface area contributed by atoms with Crippen LogP contribution in [0.25, 0.3) is 0 Å². The van der Waals surface area contributed by atoms with Crippen molar-refractivity contribution < 1.29 is 54.2 Å². The number of carbonyl (C=O) groups is 1. The van der Waals surface area contributed by atoms with Crippen LogP contribution in [0, 0.1) is 0 Å². The van der Waals surface area contributed by atoms with E-state index < -0.39 is 54.5 Å². The molecule has 0 aromatic heterocycles. The van der Waals surface area contributed by atoms with E-state index in [0.29, 0.717) is 0 Å². The van der Waals surface area contributed by atoms with Gasteiger partial charge in [-0.1, -0.05) is 0 Å². The van der Waals surface area contributed by atoms with Gasteiger partial charge in [0.1, 0.15) is 0 Å². The Hall–Kier alpha value is -1.20. The molecule has 1 fully saturated rings. The summed E-state index contributed by atoms with van der Waals surface area (Å²) in [6, 6.07) is 0. The molecule has 3 nitrogen and oxygen atoms in total. The predicted octanol–water partition coefficient (Wildman–Crippen LogP) is 2.56. The average molecular weight is 348 g/mol. The molecule has 0 aliphatic heterocycles. The van der Waals surface area contributed by atoms with E-state index in [4.69, 9.17) is 5.11 Å². The molecule has 0 aromatic carbocycles. The van der Waals surface area contributed by atoms with Gasteiger partial charge in [0.05, 0.1) is 6.61 Å². The summed E-state index contributed by atoms with van der Waals surface area (Å²) in [5, 5.41) is 9.01. The van der Waals surface area contributed by atoms with Crippen molar-refractivity contribution in [1.82, 2.24) is 0 Å². The summed E-state index contributed by atoms with van der Waals surface area (Å²) >= 11 is 0. The molecule has 0 aromatic rings. The maximum atomic E-state index is 13.9. The smallest absolute Gasteiger partial charge is 0.381 e. The second-order valence-corrected chi connectivity index (χ2v) is 4.57. The van der Waals surface area contributed by atoms with Crippen LogP contribution >= 0.6 is 0 Å². The molecule has 1 unspecified atom stereocenters. The fourth-order valence-electron chi connectivity index (χ4n) is 1.93. The van der Waals surface area contributed by atoms with Crippen molar-refractivity contribution in [3.63, 3.8) is 0 Å². The average Bonchev–Trinajstić information content (AvgIpc) is 2.41. The number of aliphatic hydroxyl groups is 1. The van der Waals surface area contributed by atoms with Crippen molar-refractivity contribution in [2.75, 3.05) is 6.61 Å². The number of carbonyl (C=O) groups excluding carboxylic acids is 1. The number of halogens is 9. The monoisotopic (exact) mass is 348 g/mol. The minimum absolute atomic E-state index is 0.492. The second-order valence-electron chi connectivity index (χ2n) is 4.57. The van der Waals surface area contributed by atoms with E-state index in [1.807, 2.05) is 0 Å². The van der Waals surface area contributed by atoms with Crippen molar-refractivity contribution >= 4 is 5.97 Å². The van der Waals surface area contributed by atoms with Crippen molar-refractivity contribution in [3.8, 4) is 0 Å². The van der Waals surface area contributed by atoms with Crippen molar-refractivity contribution in [2.45, 2.75) is 48.8 Å². The molecule has 0 heterocycles. The van der Waals surface area contributed by atoms with Crippen LogP contribution in [0.15, 0.2) is 0 Å². The molecule has 130 valence electrons. The molecule has 1 N–H and O–H groups in total. The quantitative estimate of drug-likeness (QED) is 0.628. The summed E-state index contributed by atoms with van der Waals surface area (Å²) in [6.45, 7) is 0.644. The maximum Gasteiger partial charge on any atom is 0.381 e. The van der Waals surface area contributed by atoms with Crippen LogP contribution in [0.3, 0.4) is 0 Å². The Morgan fingerprint density at radius 3 is 1.59 bits per heavy atom. The standard InChI is InChI=1S/C10H9F9O3/c1-2-22-5(21)4(20)3-6(11)7(12,13)9(16,17)10(18,19)8(6,14)15/h4,20H,2-3H2,1H3. The van der Waals surface area contributed by atoms with Crippen LogP contribution in [-0.2, 0) is 9.53 Å². The Bertz CT molecular complexity index is 437. The van der Waals surface area contributed by atoms with Crippen LogP contribution in [0.1, 0.15) is 13.3 Å². The molecule has 0 bridgehead atoms. The van der Waals surface area contributed by atoms with Crippen molar-refractivity contribution in [3.05, 3.63) is 0 Å². The zero-order chi connectivity index (χ0) is 17.8. The number of rotatable bonds is 4. The van der Waals surface area contributed by atoms with E-state index in [-0.39, 0.29) is 0 Å². The first kappa shape index (κ1) is 18.8. The van der Waals surface area contributed by atoms with Crippen LogP contribution in [0.2, 0.25) is 0 Å². The summed E-state index contributed by atoms with van der Waals surface area (Å²) in [5.74, 6) is -28.4. The normalized spacial score (nSPS) is 28.1. The summed E-state index contributed by atoms with van der Waals surface area (Å²) in [4.78, 5) is 10.9. The Balaban J connectivity index is 3.34. The topological polar surface area (TPSA) is 46.5 Å². The lowest BCUT2D eigenvalue weighted by atomic mass is 9.90. The van der Waals surface area contributed by atoms with Gasteiger partial charge in [0.25, 0.3) is 5.67 Å². The van der Waals surface area contributed by atoms with Gasteiger partial charge < -0.3 is 9.84 Å². The molecule has 0 spiro atoms. The highest BCUT2D eigenvalue weighted by atomic mass is 19.4. The fourth-order valence-corrected chi connectivity index (χ4v) is 1.93. The largest absolute Gasteiger partial charge is 0.464 e. The number of hydrogen-bond acceptors (Lipinski definition) is 3. The molecule has 0 radical (unpaired) electrons. The van der Waals surface area contributed by atoms with E-state index in [9.17, 15) is 44.3 Å². The molecule has 0 saturated heterocycles. The zero-order valence-corrected chi connectivity index (χ0v) is 10.7. The van der Waals surface area contributed by atoms with E-state index in [2.05, 4.69) is 4.74 Å². The highest BCUT2D eigenvalue weighted by Gasteiger charge is 3.00. The number of hydrogen-bond donors (Lipinski definition) is 1. The number of ether oxygens (including phenoxy) is 1. The van der Waals surface area contributed by atoms with Crippen LogP contribution in [0.4, 0.5) is 39.5 Å². The van der Waals surface area contributed by atoms with Crippen molar-refractivity contribution in [1.29, 1.82) is 0 Å². The van der Waals surface area contributed by atoms with Gasteiger partial charge in [-0.3, -0.25) is 0 Å². The Morgan fingerprint density at radius 1 is 0.909 bits per heavy atom.